The van der Waals surface area contributed by atoms with Crippen LogP contribution in [0.1, 0.15) is 25.0 Å². The zero-order chi connectivity index (χ0) is 16.2. The Kier molecular flexibility index (Phi) is 5.03. The number of aliphatic carboxylic acids is 1. The van der Waals surface area contributed by atoms with Crippen molar-refractivity contribution in [3.63, 3.8) is 0 Å². The summed E-state index contributed by atoms with van der Waals surface area (Å²) < 4.78 is 7.96. The van der Waals surface area contributed by atoms with Crippen molar-refractivity contribution in [1.29, 1.82) is 0 Å². The lowest BCUT2D eigenvalue weighted by atomic mass is 10.1. The van der Waals surface area contributed by atoms with Crippen LogP contribution < -0.4 is 0 Å². The largest absolute Gasteiger partial charge is 0.481 e. The van der Waals surface area contributed by atoms with Crippen LogP contribution >= 0.6 is 11.6 Å². The van der Waals surface area contributed by atoms with Gasteiger partial charge in [-0.05, 0) is 49.1 Å². The number of aryl methyl sites for hydroxylation is 1. The Balaban J connectivity index is 1.90. The summed E-state index contributed by atoms with van der Waals surface area (Å²) in [5.74, 6) is -0.775. The van der Waals surface area contributed by atoms with Crippen molar-refractivity contribution in [2.75, 3.05) is 6.61 Å². The van der Waals surface area contributed by atoms with Crippen molar-refractivity contribution in [2.45, 2.75) is 38.3 Å². The summed E-state index contributed by atoms with van der Waals surface area (Å²) in [6.45, 7) is 1.58. The normalized spacial score (nSPS) is 17.5. The molecular formula is C18H20ClNO3. The van der Waals surface area contributed by atoms with Gasteiger partial charge in [-0.15, -0.1) is 0 Å². The summed E-state index contributed by atoms with van der Waals surface area (Å²) in [5.41, 5.74) is 3.19. The fourth-order valence-corrected chi connectivity index (χ4v) is 3.17. The number of aromatic nitrogens is 1. The molecule has 1 N–H and O–H groups in total. The molecule has 0 aliphatic carbocycles. The maximum atomic E-state index is 10.9. The van der Waals surface area contributed by atoms with E-state index in [2.05, 4.69) is 10.6 Å². The SMILES string of the molecule is O=C(O)CCc1ccc(-c2ccc(Cl)cc2)n1C[C@@H]1CCCO1. The van der Waals surface area contributed by atoms with E-state index in [0.717, 1.165) is 42.9 Å². The van der Waals surface area contributed by atoms with Gasteiger partial charge in [-0.25, -0.2) is 0 Å². The summed E-state index contributed by atoms with van der Waals surface area (Å²) in [5, 5.41) is 9.66. The summed E-state index contributed by atoms with van der Waals surface area (Å²) in [4.78, 5) is 10.9. The van der Waals surface area contributed by atoms with Crippen molar-refractivity contribution in [3.05, 3.63) is 47.1 Å². The van der Waals surface area contributed by atoms with Gasteiger partial charge >= 0.3 is 5.97 Å². The number of hydrogen-bond acceptors (Lipinski definition) is 2. The predicted molar refractivity (Wildman–Crippen MR) is 89.8 cm³/mol. The lowest BCUT2D eigenvalue weighted by Crippen LogP contribution is -2.18. The Morgan fingerprint density at radius 3 is 2.70 bits per heavy atom. The molecule has 5 heteroatoms. The zero-order valence-electron chi connectivity index (χ0n) is 12.9. The van der Waals surface area contributed by atoms with Crippen LogP contribution in [-0.2, 0) is 22.5 Å². The van der Waals surface area contributed by atoms with Crippen LogP contribution in [0, 0.1) is 0 Å². The quantitative estimate of drug-likeness (QED) is 0.869. The lowest BCUT2D eigenvalue weighted by Gasteiger charge is -2.17. The number of carboxylic acids is 1. The zero-order valence-corrected chi connectivity index (χ0v) is 13.6. The number of halogens is 1. The van der Waals surface area contributed by atoms with Crippen LogP contribution in [0.25, 0.3) is 11.3 Å². The molecular weight excluding hydrogens is 314 g/mol. The van der Waals surface area contributed by atoms with E-state index in [-0.39, 0.29) is 12.5 Å². The molecule has 2 aromatic rings. The highest BCUT2D eigenvalue weighted by Gasteiger charge is 2.19. The highest BCUT2D eigenvalue weighted by atomic mass is 35.5. The van der Waals surface area contributed by atoms with Gasteiger partial charge in [0.25, 0.3) is 0 Å². The third-order valence-electron chi connectivity index (χ3n) is 4.22. The number of rotatable bonds is 6. The van der Waals surface area contributed by atoms with Crippen molar-refractivity contribution in [3.8, 4) is 11.3 Å². The van der Waals surface area contributed by atoms with Gasteiger partial charge in [-0.2, -0.15) is 0 Å². The average molecular weight is 334 g/mol. The molecule has 1 atom stereocenters. The van der Waals surface area contributed by atoms with E-state index in [1.807, 2.05) is 30.3 Å². The van der Waals surface area contributed by atoms with Crippen LogP contribution in [0.5, 0.6) is 0 Å². The molecule has 0 bridgehead atoms. The van der Waals surface area contributed by atoms with Crippen LogP contribution in [-0.4, -0.2) is 28.4 Å². The van der Waals surface area contributed by atoms with Gasteiger partial charge in [0.05, 0.1) is 12.5 Å². The molecule has 1 saturated heterocycles. The molecule has 23 heavy (non-hydrogen) atoms. The number of nitrogens with zero attached hydrogens (tertiary/aromatic N) is 1. The van der Waals surface area contributed by atoms with Gasteiger partial charge in [0.1, 0.15) is 0 Å². The summed E-state index contributed by atoms with van der Waals surface area (Å²) >= 11 is 5.97. The Bertz CT molecular complexity index is 672. The monoisotopic (exact) mass is 333 g/mol. The van der Waals surface area contributed by atoms with E-state index in [1.165, 1.54) is 0 Å². The summed E-state index contributed by atoms with van der Waals surface area (Å²) in [6.07, 6.45) is 3.01. The van der Waals surface area contributed by atoms with E-state index in [1.54, 1.807) is 0 Å². The Labute approximate surface area is 140 Å². The molecule has 2 heterocycles. The minimum atomic E-state index is -0.775. The molecule has 122 valence electrons. The van der Waals surface area contributed by atoms with Gasteiger partial charge in [0.15, 0.2) is 0 Å². The fourth-order valence-electron chi connectivity index (χ4n) is 3.04. The van der Waals surface area contributed by atoms with Crippen molar-refractivity contribution in [1.82, 2.24) is 4.57 Å². The lowest BCUT2D eigenvalue weighted by molar-refractivity contribution is -0.136. The first-order valence-electron chi connectivity index (χ1n) is 7.91. The highest BCUT2D eigenvalue weighted by molar-refractivity contribution is 6.30. The first-order valence-corrected chi connectivity index (χ1v) is 8.29. The topological polar surface area (TPSA) is 51.5 Å². The van der Waals surface area contributed by atoms with Crippen LogP contribution in [0.4, 0.5) is 0 Å². The molecule has 1 fully saturated rings. The third kappa shape index (κ3) is 3.95. The van der Waals surface area contributed by atoms with E-state index in [9.17, 15) is 4.79 Å². The van der Waals surface area contributed by atoms with Crippen LogP contribution in [0.3, 0.4) is 0 Å². The molecule has 0 unspecified atom stereocenters. The maximum absolute atomic E-state index is 10.9. The third-order valence-corrected chi connectivity index (χ3v) is 4.47. The number of ether oxygens (including phenoxy) is 1. The molecule has 1 aliphatic heterocycles. The van der Waals surface area contributed by atoms with E-state index >= 15 is 0 Å². The molecule has 0 saturated carbocycles. The van der Waals surface area contributed by atoms with Crippen molar-refractivity contribution < 1.29 is 14.6 Å². The molecule has 0 amide bonds. The molecule has 3 rings (SSSR count). The van der Waals surface area contributed by atoms with Crippen LogP contribution in [0.15, 0.2) is 36.4 Å². The number of carbonyl (C=O) groups is 1. The number of benzene rings is 1. The molecule has 0 radical (unpaired) electrons. The Hall–Kier alpha value is -1.78. The molecule has 1 aromatic carbocycles. The van der Waals surface area contributed by atoms with E-state index in [4.69, 9.17) is 21.4 Å². The highest BCUT2D eigenvalue weighted by Crippen LogP contribution is 2.27. The average Bonchev–Trinajstić information content (AvgIpc) is 3.17. The first-order chi connectivity index (χ1) is 11.1. The number of hydrogen-bond donors (Lipinski definition) is 1. The Morgan fingerprint density at radius 1 is 1.26 bits per heavy atom. The second kappa shape index (κ2) is 7.20. The van der Waals surface area contributed by atoms with Crippen molar-refractivity contribution in [2.24, 2.45) is 0 Å². The number of carboxylic acid groups (broad SMARTS) is 1. The minimum Gasteiger partial charge on any atom is -0.481 e. The van der Waals surface area contributed by atoms with Gasteiger partial charge in [-0.1, -0.05) is 23.7 Å². The maximum Gasteiger partial charge on any atom is 0.303 e. The second-order valence-electron chi connectivity index (χ2n) is 5.86. The van der Waals surface area contributed by atoms with E-state index < -0.39 is 5.97 Å². The van der Waals surface area contributed by atoms with E-state index in [0.29, 0.717) is 11.4 Å². The predicted octanol–water partition coefficient (Wildman–Crippen LogP) is 4.00. The second-order valence-corrected chi connectivity index (χ2v) is 6.29. The Morgan fingerprint density at radius 2 is 2.04 bits per heavy atom. The van der Waals surface area contributed by atoms with Crippen molar-refractivity contribution >= 4 is 17.6 Å². The molecule has 1 aromatic heterocycles. The molecule has 1 aliphatic rings. The fraction of sp³-hybridized carbons (Fsp3) is 0.389. The van der Waals surface area contributed by atoms with Gasteiger partial charge in [0.2, 0.25) is 0 Å². The molecule has 0 spiro atoms. The summed E-state index contributed by atoms with van der Waals surface area (Å²) in [6, 6.07) is 11.8. The standard InChI is InChI=1S/C18H20ClNO3/c19-14-5-3-13(4-6-14)17-9-7-15(8-10-18(21)22)20(17)12-16-2-1-11-23-16/h3-7,9,16H,1-2,8,10-12H2,(H,21,22)/t16-/m0/s1. The van der Waals surface area contributed by atoms with Crippen LogP contribution in [0.2, 0.25) is 5.02 Å². The summed E-state index contributed by atoms with van der Waals surface area (Å²) in [7, 11) is 0. The van der Waals surface area contributed by atoms with Gasteiger partial charge in [-0.3, -0.25) is 4.79 Å². The van der Waals surface area contributed by atoms with Gasteiger partial charge < -0.3 is 14.4 Å². The molecule has 4 nitrogen and oxygen atoms in total. The van der Waals surface area contributed by atoms with Gasteiger partial charge in [0, 0.05) is 29.6 Å². The smallest absolute Gasteiger partial charge is 0.303 e. The minimum absolute atomic E-state index is 0.135. The first kappa shape index (κ1) is 16.1.